The zero-order valence-corrected chi connectivity index (χ0v) is 23.2. The monoisotopic (exact) mass is 549 g/mol. The summed E-state index contributed by atoms with van der Waals surface area (Å²) in [5.41, 5.74) is 2.49. The van der Waals surface area contributed by atoms with E-state index in [-0.39, 0.29) is 11.7 Å². The summed E-state index contributed by atoms with van der Waals surface area (Å²) in [6.07, 6.45) is 12.0. The number of sulfonamides is 1. The number of fused-ring (bicyclic) bond motifs is 7. The van der Waals surface area contributed by atoms with Crippen LogP contribution in [0.3, 0.4) is 0 Å². The fourth-order valence-electron chi connectivity index (χ4n) is 5.05. The number of pyridine rings is 1. The van der Waals surface area contributed by atoms with Crippen molar-refractivity contribution in [3.63, 3.8) is 0 Å². The van der Waals surface area contributed by atoms with Crippen LogP contribution in [-0.4, -0.2) is 54.2 Å². The van der Waals surface area contributed by atoms with E-state index in [2.05, 4.69) is 37.4 Å². The number of allylic oxidation sites excluding steroid dienone is 1. The van der Waals surface area contributed by atoms with Gasteiger partial charge in [0, 0.05) is 32.0 Å². The normalized spacial score (nSPS) is 17.6. The average molecular weight is 550 g/mol. The fraction of sp³-hybridized carbons (Fsp3) is 0.393. The Morgan fingerprint density at radius 1 is 1.10 bits per heavy atom. The third kappa shape index (κ3) is 6.25. The first kappa shape index (κ1) is 26.7. The summed E-state index contributed by atoms with van der Waals surface area (Å²) < 4.78 is 29.0. The maximum atomic E-state index is 13.6. The van der Waals surface area contributed by atoms with Gasteiger partial charge in [-0.1, -0.05) is 12.2 Å². The summed E-state index contributed by atoms with van der Waals surface area (Å²) in [6, 6.07) is 8.78. The molecule has 11 heteroatoms. The van der Waals surface area contributed by atoms with E-state index < -0.39 is 10.0 Å². The second kappa shape index (κ2) is 11.5. The van der Waals surface area contributed by atoms with Crippen LogP contribution in [-0.2, 0) is 10.0 Å². The van der Waals surface area contributed by atoms with Gasteiger partial charge in [-0.3, -0.25) is 9.52 Å². The Hall–Kier alpha value is -3.86. The van der Waals surface area contributed by atoms with Crippen molar-refractivity contribution >= 4 is 38.9 Å². The molecule has 3 aliphatic heterocycles. The molecule has 2 aromatic heterocycles. The molecular formula is C28H35N7O3S. The standard InChI is InChI=1S/C28H35N7O3S/c1-3-39(37,38)33-22-8-9-23-25(19-22)34-16-12-21(13-17-34)7-5-4-6-14-30-27-24(35-18-15-29-20(35)2)10-11-26(31-27)32-28(23)36/h4-5,8-11,15,18-19,21,33H,3,6-7,12-14,16-17H2,1-2H3,(H2,30,31,32,36)/b5-4+. The average Bonchev–Trinajstić information content (AvgIpc) is 3.36. The van der Waals surface area contributed by atoms with Crippen molar-refractivity contribution in [1.29, 1.82) is 0 Å². The maximum Gasteiger partial charge on any atom is 0.258 e. The van der Waals surface area contributed by atoms with Gasteiger partial charge in [-0.15, -0.1) is 0 Å². The number of amides is 1. The van der Waals surface area contributed by atoms with Gasteiger partial charge in [0.25, 0.3) is 5.91 Å². The quantitative estimate of drug-likeness (QED) is 0.408. The van der Waals surface area contributed by atoms with E-state index in [0.29, 0.717) is 41.0 Å². The van der Waals surface area contributed by atoms with Crippen LogP contribution in [0.15, 0.2) is 54.9 Å². The summed E-state index contributed by atoms with van der Waals surface area (Å²) in [4.78, 5) is 24.9. The molecule has 3 aliphatic rings. The van der Waals surface area contributed by atoms with Gasteiger partial charge in [0.15, 0.2) is 5.82 Å². The Morgan fingerprint density at radius 3 is 2.67 bits per heavy atom. The molecule has 1 amide bonds. The minimum Gasteiger partial charge on any atom is -0.371 e. The number of anilines is 4. The second-order valence-electron chi connectivity index (χ2n) is 9.95. The molecule has 1 aromatic carbocycles. The van der Waals surface area contributed by atoms with E-state index in [4.69, 9.17) is 4.98 Å². The topological polar surface area (TPSA) is 121 Å². The van der Waals surface area contributed by atoms with Gasteiger partial charge in [0.1, 0.15) is 11.6 Å². The minimum absolute atomic E-state index is 0.0277. The molecule has 4 bridgehead atoms. The second-order valence-corrected chi connectivity index (χ2v) is 12.0. The molecule has 6 rings (SSSR count). The van der Waals surface area contributed by atoms with Gasteiger partial charge < -0.3 is 20.1 Å². The van der Waals surface area contributed by atoms with Crippen LogP contribution < -0.4 is 20.3 Å². The lowest BCUT2D eigenvalue weighted by molar-refractivity contribution is 0.102. The molecule has 0 aliphatic carbocycles. The van der Waals surface area contributed by atoms with Crippen molar-refractivity contribution in [2.45, 2.75) is 39.5 Å². The number of aryl methyl sites for hydroxylation is 1. The molecular weight excluding hydrogens is 514 g/mol. The number of benzene rings is 1. The Balaban J connectivity index is 1.52. The lowest BCUT2D eigenvalue weighted by Gasteiger charge is -2.34. The van der Waals surface area contributed by atoms with Gasteiger partial charge in [0.2, 0.25) is 10.0 Å². The van der Waals surface area contributed by atoms with E-state index >= 15 is 0 Å². The van der Waals surface area contributed by atoms with Gasteiger partial charge in [0.05, 0.1) is 28.4 Å². The number of rotatable bonds is 4. The number of imidazole rings is 1. The molecule has 0 saturated carbocycles. The molecule has 5 heterocycles. The summed E-state index contributed by atoms with van der Waals surface area (Å²) in [5, 5.41) is 6.39. The highest BCUT2D eigenvalue weighted by Gasteiger charge is 2.24. The smallest absolute Gasteiger partial charge is 0.258 e. The lowest BCUT2D eigenvalue weighted by atomic mass is 9.92. The number of carbonyl (C=O) groups excluding carboxylic acids is 1. The Bertz CT molecular complexity index is 1470. The highest BCUT2D eigenvalue weighted by Crippen LogP contribution is 2.32. The first-order chi connectivity index (χ1) is 18.8. The number of nitrogens with zero attached hydrogens (tertiary/aromatic N) is 4. The number of hydrogen-bond donors (Lipinski definition) is 3. The highest BCUT2D eigenvalue weighted by molar-refractivity contribution is 7.92. The summed E-state index contributed by atoms with van der Waals surface area (Å²) in [5.74, 6) is 2.16. The number of carbonyl (C=O) groups is 1. The van der Waals surface area contributed by atoms with Gasteiger partial charge >= 0.3 is 0 Å². The predicted molar refractivity (Wildman–Crippen MR) is 155 cm³/mol. The Morgan fingerprint density at radius 2 is 1.92 bits per heavy atom. The zero-order chi connectivity index (χ0) is 27.4. The first-order valence-corrected chi connectivity index (χ1v) is 15.1. The molecule has 0 spiro atoms. The van der Waals surface area contributed by atoms with E-state index in [1.54, 1.807) is 37.4 Å². The van der Waals surface area contributed by atoms with Crippen LogP contribution >= 0.6 is 0 Å². The number of aromatic nitrogens is 3. The predicted octanol–water partition coefficient (Wildman–Crippen LogP) is 4.57. The van der Waals surface area contributed by atoms with E-state index in [1.807, 2.05) is 23.8 Å². The molecule has 1 fully saturated rings. The number of hydrogen-bond acceptors (Lipinski definition) is 7. The van der Waals surface area contributed by atoms with Crippen LogP contribution in [0.25, 0.3) is 5.69 Å². The van der Waals surface area contributed by atoms with Crippen molar-refractivity contribution in [1.82, 2.24) is 14.5 Å². The van der Waals surface area contributed by atoms with Crippen molar-refractivity contribution < 1.29 is 13.2 Å². The van der Waals surface area contributed by atoms with Crippen molar-refractivity contribution in [3.8, 4) is 5.69 Å². The molecule has 10 nitrogen and oxygen atoms in total. The fourth-order valence-corrected chi connectivity index (χ4v) is 5.68. The van der Waals surface area contributed by atoms with E-state index in [0.717, 1.165) is 50.3 Å². The van der Waals surface area contributed by atoms with Crippen molar-refractivity contribution in [2.24, 2.45) is 5.92 Å². The molecule has 1 saturated heterocycles. The van der Waals surface area contributed by atoms with Crippen LogP contribution in [0.5, 0.6) is 0 Å². The molecule has 0 unspecified atom stereocenters. The van der Waals surface area contributed by atoms with Gasteiger partial charge in [-0.2, -0.15) is 0 Å². The molecule has 206 valence electrons. The first-order valence-electron chi connectivity index (χ1n) is 13.4. The third-order valence-corrected chi connectivity index (χ3v) is 8.60. The number of piperidine rings is 1. The van der Waals surface area contributed by atoms with Crippen LogP contribution in [0.4, 0.5) is 23.0 Å². The molecule has 3 N–H and O–H groups in total. The summed E-state index contributed by atoms with van der Waals surface area (Å²) in [6.45, 7) is 5.83. The van der Waals surface area contributed by atoms with E-state index in [9.17, 15) is 13.2 Å². The van der Waals surface area contributed by atoms with Gasteiger partial charge in [-0.05, 0) is 75.8 Å². The van der Waals surface area contributed by atoms with Gasteiger partial charge in [-0.25, -0.2) is 18.4 Å². The SMILES string of the molecule is CCS(=O)(=O)Nc1ccc2c(c1)N1CCC(C/C=C/CCNc3nc(ccc3-n3ccnc3C)NC2=O)CC1. The molecule has 39 heavy (non-hydrogen) atoms. The Kier molecular flexibility index (Phi) is 7.87. The van der Waals surface area contributed by atoms with Crippen LogP contribution in [0.1, 0.15) is 48.8 Å². The Labute approximate surface area is 229 Å². The maximum absolute atomic E-state index is 13.6. The lowest BCUT2D eigenvalue weighted by Crippen LogP contribution is -2.35. The van der Waals surface area contributed by atoms with Crippen LogP contribution in [0.2, 0.25) is 0 Å². The van der Waals surface area contributed by atoms with Crippen molar-refractivity contribution in [2.75, 3.05) is 45.6 Å². The minimum atomic E-state index is -3.45. The third-order valence-electron chi connectivity index (χ3n) is 7.29. The highest BCUT2D eigenvalue weighted by atomic mass is 32.2. The summed E-state index contributed by atoms with van der Waals surface area (Å²) >= 11 is 0. The molecule has 0 atom stereocenters. The van der Waals surface area contributed by atoms with Crippen LogP contribution in [0, 0.1) is 12.8 Å². The van der Waals surface area contributed by atoms with Crippen molar-refractivity contribution in [3.05, 3.63) is 66.3 Å². The largest absolute Gasteiger partial charge is 0.371 e. The zero-order valence-electron chi connectivity index (χ0n) is 22.4. The molecule has 0 radical (unpaired) electrons. The van der Waals surface area contributed by atoms with E-state index in [1.165, 1.54) is 0 Å². The summed E-state index contributed by atoms with van der Waals surface area (Å²) in [7, 11) is -3.45. The number of nitrogens with one attached hydrogen (secondary N) is 3. The molecule has 3 aromatic rings.